The summed E-state index contributed by atoms with van der Waals surface area (Å²) in [5.41, 5.74) is 1.44. The van der Waals surface area contributed by atoms with E-state index in [4.69, 9.17) is 9.47 Å². The zero-order valence-electron chi connectivity index (χ0n) is 14.1. The van der Waals surface area contributed by atoms with Crippen molar-refractivity contribution in [3.63, 3.8) is 0 Å². The molecular weight excluding hydrogens is 338 g/mol. The first-order chi connectivity index (χ1) is 12.2. The van der Waals surface area contributed by atoms with Crippen LogP contribution in [-0.4, -0.2) is 52.2 Å². The van der Waals surface area contributed by atoms with Gasteiger partial charge in [0, 0.05) is 32.3 Å². The Kier molecular flexibility index (Phi) is 4.43. The van der Waals surface area contributed by atoms with Gasteiger partial charge in [0.05, 0.1) is 23.4 Å². The van der Waals surface area contributed by atoms with E-state index in [1.807, 2.05) is 23.1 Å². The Labute approximate surface area is 150 Å². The second-order valence-electron chi connectivity index (χ2n) is 6.58. The summed E-state index contributed by atoms with van der Waals surface area (Å²) < 4.78 is 12.0. The Morgan fingerprint density at radius 2 is 2.32 bits per heavy atom. The van der Waals surface area contributed by atoms with Crippen molar-refractivity contribution in [1.82, 2.24) is 14.9 Å². The number of carbonyl (C=O) groups is 1. The van der Waals surface area contributed by atoms with Crippen molar-refractivity contribution in [3.05, 3.63) is 41.0 Å². The molecule has 2 aromatic rings. The fourth-order valence-corrected chi connectivity index (χ4v) is 4.64. The van der Waals surface area contributed by atoms with Crippen LogP contribution in [0.25, 0.3) is 0 Å². The quantitative estimate of drug-likeness (QED) is 0.840. The molecule has 0 bridgehead atoms. The maximum atomic E-state index is 12.9. The lowest BCUT2D eigenvalue weighted by Crippen LogP contribution is -2.53. The number of hydrogen-bond donors (Lipinski definition) is 0. The molecule has 2 aromatic heterocycles. The van der Waals surface area contributed by atoms with Crippen molar-refractivity contribution in [2.24, 2.45) is 0 Å². The molecule has 0 aromatic carbocycles. The number of pyridine rings is 1. The van der Waals surface area contributed by atoms with Gasteiger partial charge in [0.1, 0.15) is 11.0 Å². The number of ether oxygens (including phenoxy) is 2. The van der Waals surface area contributed by atoms with Crippen LogP contribution in [-0.2, 0) is 4.74 Å². The minimum absolute atomic E-state index is 0.0227. The lowest BCUT2D eigenvalue weighted by atomic mass is 9.79. The molecule has 0 unspecified atom stereocenters. The molecule has 1 amide bonds. The van der Waals surface area contributed by atoms with Crippen LogP contribution < -0.4 is 4.74 Å². The van der Waals surface area contributed by atoms with Crippen molar-refractivity contribution in [2.45, 2.75) is 43.4 Å². The summed E-state index contributed by atoms with van der Waals surface area (Å²) in [5.74, 6) is 0.681. The number of thiazole rings is 1. The molecule has 2 aliphatic rings. The summed E-state index contributed by atoms with van der Waals surface area (Å²) in [5, 5.41) is 0. The van der Waals surface area contributed by atoms with Crippen molar-refractivity contribution < 1.29 is 14.3 Å². The molecule has 0 radical (unpaired) electrons. The molecule has 2 fully saturated rings. The van der Waals surface area contributed by atoms with Gasteiger partial charge in [-0.3, -0.25) is 9.78 Å². The van der Waals surface area contributed by atoms with Gasteiger partial charge in [0.25, 0.3) is 5.91 Å². The van der Waals surface area contributed by atoms with E-state index in [9.17, 15) is 4.79 Å². The highest BCUT2D eigenvalue weighted by atomic mass is 32.1. The molecule has 6 nitrogen and oxygen atoms in total. The second kappa shape index (κ2) is 6.72. The molecule has 7 heteroatoms. The highest BCUT2D eigenvalue weighted by molar-refractivity contribution is 7.11. The number of aromatic nitrogens is 2. The number of fused-ring (bicyclic) bond motifs is 1. The molecule has 4 rings (SSSR count). The smallest absolute Gasteiger partial charge is 0.265 e. The van der Waals surface area contributed by atoms with E-state index < -0.39 is 0 Å². The molecule has 1 saturated heterocycles. The number of amides is 1. The predicted molar refractivity (Wildman–Crippen MR) is 93.8 cm³/mol. The number of methoxy groups -OCH3 is 1. The van der Waals surface area contributed by atoms with Crippen molar-refractivity contribution in [2.75, 3.05) is 13.7 Å². The number of hydrogen-bond acceptors (Lipinski definition) is 6. The molecule has 1 aliphatic heterocycles. The first kappa shape index (κ1) is 16.5. The van der Waals surface area contributed by atoms with E-state index in [-0.39, 0.29) is 23.7 Å². The van der Waals surface area contributed by atoms with Crippen LogP contribution in [0, 0.1) is 0 Å². The number of likely N-dealkylation sites (tertiary alicyclic amines) is 1. The van der Waals surface area contributed by atoms with Gasteiger partial charge in [-0.1, -0.05) is 6.07 Å². The third-order valence-corrected chi connectivity index (χ3v) is 6.13. The van der Waals surface area contributed by atoms with Gasteiger partial charge in [-0.25, -0.2) is 4.98 Å². The summed E-state index contributed by atoms with van der Waals surface area (Å²) >= 11 is 1.38. The highest BCUT2D eigenvalue weighted by Crippen LogP contribution is 2.43. The SMILES string of the molecule is CO[C@@]12CC[C@H](Oc3ccccn3)C[C@@H]1N(C(=O)c1cncs1)CC2. The van der Waals surface area contributed by atoms with Gasteiger partial charge in [-0.2, -0.15) is 0 Å². The van der Waals surface area contributed by atoms with Crippen molar-refractivity contribution in [1.29, 1.82) is 0 Å². The summed E-state index contributed by atoms with van der Waals surface area (Å²) in [4.78, 5) is 23.8. The largest absolute Gasteiger partial charge is 0.474 e. The minimum Gasteiger partial charge on any atom is -0.474 e. The Hall–Kier alpha value is -1.99. The molecule has 0 spiro atoms. The van der Waals surface area contributed by atoms with Crippen LogP contribution in [0.4, 0.5) is 0 Å². The van der Waals surface area contributed by atoms with E-state index in [1.54, 1.807) is 25.0 Å². The lowest BCUT2D eigenvalue weighted by Gasteiger charge is -2.43. The average Bonchev–Trinajstić information content (AvgIpc) is 3.30. The molecular formula is C18H21N3O3S. The molecule has 25 heavy (non-hydrogen) atoms. The highest BCUT2D eigenvalue weighted by Gasteiger charge is 2.53. The molecule has 1 aliphatic carbocycles. The first-order valence-electron chi connectivity index (χ1n) is 8.54. The maximum Gasteiger partial charge on any atom is 0.265 e. The van der Waals surface area contributed by atoms with Gasteiger partial charge < -0.3 is 14.4 Å². The van der Waals surface area contributed by atoms with Gasteiger partial charge in [0.15, 0.2) is 0 Å². The Bertz CT molecular complexity index is 724. The molecule has 132 valence electrons. The second-order valence-corrected chi connectivity index (χ2v) is 7.47. The fourth-order valence-electron chi connectivity index (χ4n) is 4.06. The van der Waals surface area contributed by atoms with Crippen molar-refractivity contribution in [3.8, 4) is 5.88 Å². The van der Waals surface area contributed by atoms with Crippen LogP contribution in [0.2, 0.25) is 0 Å². The van der Waals surface area contributed by atoms with E-state index in [0.717, 1.165) is 25.7 Å². The zero-order valence-corrected chi connectivity index (χ0v) is 14.9. The number of nitrogens with zero attached hydrogens (tertiary/aromatic N) is 3. The number of carbonyl (C=O) groups excluding carboxylic acids is 1. The van der Waals surface area contributed by atoms with E-state index in [2.05, 4.69) is 9.97 Å². The van der Waals surface area contributed by atoms with Crippen LogP contribution in [0.1, 0.15) is 35.4 Å². The third-order valence-electron chi connectivity index (χ3n) is 5.37. The Balaban J connectivity index is 1.53. The molecule has 3 atom stereocenters. The van der Waals surface area contributed by atoms with Crippen LogP contribution >= 0.6 is 11.3 Å². The predicted octanol–water partition coefficient (Wildman–Crippen LogP) is 2.77. The van der Waals surface area contributed by atoms with E-state index in [1.165, 1.54) is 11.3 Å². The van der Waals surface area contributed by atoms with Crippen LogP contribution in [0.5, 0.6) is 5.88 Å². The summed E-state index contributed by atoms with van der Waals surface area (Å²) in [6, 6.07) is 5.68. The zero-order chi connectivity index (χ0) is 17.3. The first-order valence-corrected chi connectivity index (χ1v) is 9.42. The van der Waals surface area contributed by atoms with Crippen molar-refractivity contribution >= 4 is 17.2 Å². The normalized spacial score (nSPS) is 28.6. The van der Waals surface area contributed by atoms with E-state index in [0.29, 0.717) is 17.3 Å². The molecule has 3 heterocycles. The lowest BCUT2D eigenvalue weighted by molar-refractivity contribution is -0.0788. The van der Waals surface area contributed by atoms with Crippen LogP contribution in [0.15, 0.2) is 36.1 Å². The number of rotatable bonds is 4. The Morgan fingerprint density at radius 3 is 3.04 bits per heavy atom. The van der Waals surface area contributed by atoms with Crippen LogP contribution in [0.3, 0.4) is 0 Å². The summed E-state index contributed by atoms with van der Waals surface area (Å²) in [6.07, 6.45) is 6.83. The monoisotopic (exact) mass is 359 g/mol. The molecule has 0 N–H and O–H groups in total. The summed E-state index contributed by atoms with van der Waals surface area (Å²) in [7, 11) is 1.76. The summed E-state index contributed by atoms with van der Waals surface area (Å²) in [6.45, 7) is 0.714. The average molecular weight is 359 g/mol. The topological polar surface area (TPSA) is 64.6 Å². The maximum absolute atomic E-state index is 12.9. The minimum atomic E-state index is -0.260. The van der Waals surface area contributed by atoms with E-state index >= 15 is 0 Å². The van der Waals surface area contributed by atoms with Gasteiger partial charge in [-0.05, 0) is 25.3 Å². The fraction of sp³-hybridized carbons (Fsp3) is 0.500. The standard InChI is InChI=1S/C18H21N3O3S/c1-23-18-6-5-13(24-16-4-2-3-8-20-16)10-15(18)21(9-7-18)17(22)14-11-19-12-25-14/h2-4,8,11-13,15H,5-7,9-10H2,1H3/t13-,15-,18+/m0/s1. The van der Waals surface area contributed by atoms with Gasteiger partial charge >= 0.3 is 0 Å². The van der Waals surface area contributed by atoms with Gasteiger partial charge in [0.2, 0.25) is 5.88 Å². The Morgan fingerprint density at radius 1 is 1.40 bits per heavy atom. The molecule has 1 saturated carbocycles. The third kappa shape index (κ3) is 3.02. The van der Waals surface area contributed by atoms with Gasteiger partial charge in [-0.15, -0.1) is 11.3 Å².